The zero-order valence-electron chi connectivity index (χ0n) is 11.2. The first-order valence-corrected chi connectivity index (χ1v) is 7.03. The molecule has 0 saturated heterocycles. The average molecular weight is 330 g/mol. The van der Waals surface area contributed by atoms with Gasteiger partial charge in [-0.2, -0.15) is 0 Å². The fourth-order valence-electron chi connectivity index (χ4n) is 1.81. The first-order valence-electron chi connectivity index (χ1n) is 6.21. The number of hydrogen-bond donors (Lipinski definition) is 2. The van der Waals surface area contributed by atoms with E-state index in [2.05, 4.69) is 4.43 Å². The van der Waals surface area contributed by atoms with Crippen LogP contribution in [-0.2, 0) is 10.8 Å². The molecule has 3 nitrogen and oxygen atoms in total. The molecule has 0 aliphatic heterocycles. The molecule has 0 saturated carbocycles. The Bertz CT molecular complexity index is 481. The van der Waals surface area contributed by atoms with E-state index in [0.29, 0.717) is 6.42 Å². The molecule has 1 rings (SSSR count). The Morgan fingerprint density at radius 3 is 1.76 bits per heavy atom. The number of unbranched alkanes of at least 4 members (excludes halogenated alkanes) is 2. The van der Waals surface area contributed by atoms with E-state index in [-0.39, 0.29) is 36.2 Å². The average Bonchev–Trinajstić information content (AvgIpc) is 2.46. The third-order valence-corrected chi connectivity index (χ3v) is 3.71. The standard InChI is InChI=1S/C12H15F5O3Si/c13-7-6(8(14)10(16)11(17)9(7)15)4-2-1-3-5-12(18,19)20-21/h18-19H,1-5H2,21H3. The summed E-state index contributed by atoms with van der Waals surface area (Å²) in [6.45, 7) is 0. The predicted molar refractivity (Wildman–Crippen MR) is 66.6 cm³/mol. The molecule has 2 N–H and O–H groups in total. The molecular formula is C12H15F5O3Si. The minimum atomic E-state index is -2.23. The van der Waals surface area contributed by atoms with Gasteiger partial charge in [0.1, 0.15) is 0 Å². The molecule has 0 fully saturated rings. The van der Waals surface area contributed by atoms with Gasteiger partial charge >= 0.3 is 0 Å². The van der Waals surface area contributed by atoms with Crippen LogP contribution in [0.2, 0.25) is 0 Å². The number of aliphatic hydroxyl groups is 2. The Kier molecular flexibility index (Phi) is 6.26. The zero-order valence-corrected chi connectivity index (χ0v) is 13.2. The van der Waals surface area contributed by atoms with Gasteiger partial charge in [-0.1, -0.05) is 6.42 Å². The first kappa shape index (κ1) is 18.0. The van der Waals surface area contributed by atoms with E-state index in [1.54, 1.807) is 0 Å². The summed E-state index contributed by atoms with van der Waals surface area (Å²) in [5.74, 6) is -12.0. The van der Waals surface area contributed by atoms with Gasteiger partial charge in [0, 0.05) is 12.0 Å². The number of benzene rings is 1. The molecule has 9 heteroatoms. The summed E-state index contributed by atoms with van der Waals surface area (Å²) < 4.78 is 69.9. The van der Waals surface area contributed by atoms with Crippen molar-refractivity contribution in [3.63, 3.8) is 0 Å². The van der Waals surface area contributed by atoms with Crippen LogP contribution in [0.4, 0.5) is 22.0 Å². The molecule has 0 heterocycles. The Labute approximate surface area is 120 Å². The third kappa shape index (κ3) is 4.47. The maximum atomic E-state index is 13.3. The summed E-state index contributed by atoms with van der Waals surface area (Å²) in [4.78, 5) is 0. The van der Waals surface area contributed by atoms with Crippen LogP contribution in [0.25, 0.3) is 0 Å². The molecule has 0 aliphatic rings. The summed E-state index contributed by atoms with van der Waals surface area (Å²) in [7, 11) is 0.123. The van der Waals surface area contributed by atoms with Crippen LogP contribution in [0.5, 0.6) is 0 Å². The Morgan fingerprint density at radius 1 is 0.810 bits per heavy atom. The van der Waals surface area contributed by atoms with Gasteiger partial charge < -0.3 is 14.6 Å². The molecule has 21 heavy (non-hydrogen) atoms. The lowest BCUT2D eigenvalue weighted by molar-refractivity contribution is -0.295. The number of rotatable bonds is 7. The quantitative estimate of drug-likeness (QED) is 0.199. The molecule has 0 aliphatic carbocycles. The normalized spacial score (nSPS) is 12.1. The highest BCUT2D eigenvalue weighted by atomic mass is 28.2. The summed E-state index contributed by atoms with van der Waals surface area (Å²) in [6, 6.07) is 0. The van der Waals surface area contributed by atoms with Crippen molar-refractivity contribution in [3.05, 3.63) is 34.6 Å². The predicted octanol–water partition coefficient (Wildman–Crippen LogP) is 1.42. The number of hydrogen-bond acceptors (Lipinski definition) is 3. The molecule has 0 aromatic heterocycles. The zero-order chi connectivity index (χ0) is 16.2. The first-order chi connectivity index (χ1) is 9.71. The van der Waals surface area contributed by atoms with E-state index in [1.165, 1.54) is 0 Å². The van der Waals surface area contributed by atoms with Crippen LogP contribution in [-0.4, -0.2) is 26.7 Å². The second-order valence-electron chi connectivity index (χ2n) is 4.56. The molecule has 0 unspecified atom stereocenters. The Morgan fingerprint density at radius 2 is 1.29 bits per heavy atom. The second-order valence-corrected chi connectivity index (χ2v) is 4.96. The smallest absolute Gasteiger partial charge is 0.267 e. The highest BCUT2D eigenvalue weighted by molar-refractivity contribution is 5.98. The van der Waals surface area contributed by atoms with Crippen molar-refractivity contribution >= 4 is 10.5 Å². The van der Waals surface area contributed by atoms with Crippen molar-refractivity contribution < 1.29 is 36.6 Å². The summed E-state index contributed by atoms with van der Waals surface area (Å²) in [6.07, 6.45) is 0.276. The monoisotopic (exact) mass is 330 g/mol. The van der Waals surface area contributed by atoms with Crippen LogP contribution >= 0.6 is 0 Å². The van der Waals surface area contributed by atoms with Crippen molar-refractivity contribution in [2.75, 3.05) is 0 Å². The van der Waals surface area contributed by atoms with Crippen LogP contribution in [0, 0.1) is 29.1 Å². The second kappa shape index (κ2) is 7.30. The highest BCUT2D eigenvalue weighted by Crippen LogP contribution is 2.24. The lowest BCUT2D eigenvalue weighted by Crippen LogP contribution is -2.30. The minimum absolute atomic E-state index is 0.104. The van der Waals surface area contributed by atoms with Crippen molar-refractivity contribution in [2.45, 2.75) is 38.1 Å². The molecule has 1 aromatic carbocycles. The molecule has 120 valence electrons. The molecule has 0 bridgehead atoms. The highest BCUT2D eigenvalue weighted by Gasteiger charge is 2.25. The SMILES string of the molecule is OC(O)(CCCCCc1c(F)c(F)c(F)c(F)c1F)O[SiH3]. The lowest BCUT2D eigenvalue weighted by atomic mass is 10.0. The van der Waals surface area contributed by atoms with Crippen LogP contribution in [0.15, 0.2) is 0 Å². The molecular weight excluding hydrogens is 315 g/mol. The summed E-state index contributed by atoms with van der Waals surface area (Å²) >= 11 is 0. The Balaban J connectivity index is 2.61. The maximum Gasteiger partial charge on any atom is 0.267 e. The van der Waals surface area contributed by atoms with E-state index in [0.717, 1.165) is 0 Å². The van der Waals surface area contributed by atoms with Gasteiger partial charge in [-0.3, -0.25) is 0 Å². The van der Waals surface area contributed by atoms with Crippen LogP contribution in [0.1, 0.15) is 31.2 Å². The molecule has 0 spiro atoms. The van der Waals surface area contributed by atoms with Gasteiger partial charge in [0.2, 0.25) is 5.82 Å². The van der Waals surface area contributed by atoms with Gasteiger partial charge in [0.05, 0.1) is 0 Å². The summed E-state index contributed by atoms with van der Waals surface area (Å²) in [5, 5.41) is 18.3. The lowest BCUT2D eigenvalue weighted by Gasteiger charge is -2.19. The van der Waals surface area contributed by atoms with Crippen molar-refractivity contribution in [2.24, 2.45) is 0 Å². The van der Waals surface area contributed by atoms with Crippen molar-refractivity contribution in [1.82, 2.24) is 0 Å². The van der Waals surface area contributed by atoms with Gasteiger partial charge in [0.25, 0.3) is 5.97 Å². The topological polar surface area (TPSA) is 49.7 Å². The van der Waals surface area contributed by atoms with Gasteiger partial charge in [-0.15, -0.1) is 0 Å². The number of halogens is 5. The van der Waals surface area contributed by atoms with Gasteiger partial charge in [-0.25, -0.2) is 22.0 Å². The minimum Gasteiger partial charge on any atom is -0.381 e. The van der Waals surface area contributed by atoms with Gasteiger partial charge in [0.15, 0.2) is 33.8 Å². The van der Waals surface area contributed by atoms with E-state index < -0.39 is 40.6 Å². The molecule has 0 radical (unpaired) electrons. The Hall–Kier alpha value is -1.03. The van der Waals surface area contributed by atoms with E-state index >= 15 is 0 Å². The molecule has 0 atom stereocenters. The maximum absolute atomic E-state index is 13.3. The summed E-state index contributed by atoms with van der Waals surface area (Å²) in [5.41, 5.74) is -0.857. The van der Waals surface area contributed by atoms with Crippen LogP contribution in [0.3, 0.4) is 0 Å². The fourth-order valence-corrected chi connectivity index (χ4v) is 2.01. The van der Waals surface area contributed by atoms with E-state index in [9.17, 15) is 22.0 Å². The van der Waals surface area contributed by atoms with Crippen molar-refractivity contribution in [3.8, 4) is 0 Å². The largest absolute Gasteiger partial charge is 0.381 e. The third-order valence-electron chi connectivity index (χ3n) is 3.06. The molecule has 1 aromatic rings. The van der Waals surface area contributed by atoms with Crippen LogP contribution < -0.4 is 0 Å². The fraction of sp³-hybridized carbons (Fsp3) is 0.500. The van der Waals surface area contributed by atoms with E-state index in [4.69, 9.17) is 10.2 Å². The molecule has 0 amide bonds. The van der Waals surface area contributed by atoms with Gasteiger partial charge in [-0.05, 0) is 19.3 Å². The van der Waals surface area contributed by atoms with Crippen molar-refractivity contribution in [1.29, 1.82) is 0 Å². The van der Waals surface area contributed by atoms with E-state index in [1.807, 2.05) is 0 Å².